The van der Waals surface area contributed by atoms with E-state index in [0.717, 1.165) is 0 Å². The summed E-state index contributed by atoms with van der Waals surface area (Å²) in [7, 11) is 0. The van der Waals surface area contributed by atoms with Gasteiger partial charge in [0.15, 0.2) is 0 Å². The number of halogens is 6. The minimum absolute atomic E-state index is 0.0802. The molecule has 0 N–H and O–H groups in total. The van der Waals surface area contributed by atoms with E-state index < -0.39 is 60.2 Å². The Balaban J connectivity index is 1.68. The van der Waals surface area contributed by atoms with Crippen molar-refractivity contribution < 1.29 is 45.4 Å². The summed E-state index contributed by atoms with van der Waals surface area (Å²) in [5, 5.41) is 0. The fourth-order valence-electron chi connectivity index (χ4n) is 5.03. The maximum atomic E-state index is 13.3. The monoisotopic (exact) mass is 470 g/mol. The van der Waals surface area contributed by atoms with E-state index in [0.29, 0.717) is 32.1 Å². The van der Waals surface area contributed by atoms with Crippen LogP contribution < -0.4 is 0 Å². The van der Waals surface area contributed by atoms with Gasteiger partial charge in [0.2, 0.25) is 0 Å². The fraction of sp³-hybridized carbons (Fsp3) is 0.818. The lowest BCUT2D eigenvalue weighted by Gasteiger charge is -2.35. The number of carbonyl (C=O) groups is 2. The summed E-state index contributed by atoms with van der Waals surface area (Å²) < 4.78 is 90.3. The third-order valence-corrected chi connectivity index (χ3v) is 6.78. The second-order valence-electron chi connectivity index (χ2n) is 8.95. The molecule has 0 bridgehead atoms. The van der Waals surface area contributed by atoms with Gasteiger partial charge in [0.1, 0.15) is 12.2 Å². The molecule has 0 saturated heterocycles. The predicted octanol–water partition coefficient (Wildman–Crippen LogP) is 5.90. The normalized spacial score (nSPS) is 34.1. The van der Waals surface area contributed by atoms with Crippen molar-refractivity contribution in [1.82, 2.24) is 0 Å². The van der Waals surface area contributed by atoms with Crippen molar-refractivity contribution in [3.63, 3.8) is 0 Å². The topological polar surface area (TPSA) is 52.6 Å². The van der Waals surface area contributed by atoms with E-state index in [1.54, 1.807) is 6.08 Å². The Hall–Kier alpha value is -1.74. The molecule has 2 saturated carbocycles. The van der Waals surface area contributed by atoms with Crippen molar-refractivity contribution in [1.29, 1.82) is 0 Å². The van der Waals surface area contributed by atoms with E-state index in [2.05, 4.69) is 0 Å². The smallest absolute Gasteiger partial charge is 0.395 e. The van der Waals surface area contributed by atoms with Crippen molar-refractivity contribution in [2.75, 3.05) is 0 Å². The molecule has 182 valence electrons. The molecule has 0 amide bonds. The van der Waals surface area contributed by atoms with Gasteiger partial charge >= 0.3 is 24.3 Å². The largest absolute Gasteiger partial charge is 0.461 e. The lowest BCUT2D eigenvalue weighted by atomic mass is 9.82. The Bertz CT molecular complexity index is 702. The minimum Gasteiger partial charge on any atom is -0.461 e. The van der Waals surface area contributed by atoms with Crippen molar-refractivity contribution in [2.24, 2.45) is 23.7 Å². The van der Waals surface area contributed by atoms with Crippen molar-refractivity contribution in [3.05, 3.63) is 12.2 Å². The van der Waals surface area contributed by atoms with Crippen LogP contribution in [0.2, 0.25) is 0 Å². The minimum atomic E-state index is -4.50. The van der Waals surface area contributed by atoms with E-state index in [1.807, 2.05) is 0 Å². The van der Waals surface area contributed by atoms with Crippen LogP contribution in [0.3, 0.4) is 0 Å². The van der Waals surface area contributed by atoms with E-state index in [-0.39, 0.29) is 32.1 Å². The SMILES string of the molecule is O=C(OC1CCCCC1C(F)(F)F)C1C=CCCC1C(=O)OC1CCCCC1C(F)(F)F. The molecule has 0 spiro atoms. The zero-order valence-corrected chi connectivity index (χ0v) is 17.6. The highest BCUT2D eigenvalue weighted by atomic mass is 19.4. The molecule has 4 nitrogen and oxygen atoms in total. The number of ether oxygens (including phenoxy) is 2. The van der Waals surface area contributed by atoms with Gasteiger partial charge in [-0.1, -0.05) is 25.0 Å². The molecule has 3 aliphatic carbocycles. The Labute approximate surface area is 182 Å². The lowest BCUT2D eigenvalue weighted by molar-refractivity contribution is -0.222. The summed E-state index contributed by atoms with van der Waals surface area (Å²) in [6, 6.07) is 0. The number of alkyl halides is 6. The highest BCUT2D eigenvalue weighted by Crippen LogP contribution is 2.42. The number of esters is 2. The number of carbonyl (C=O) groups excluding carboxylic acids is 2. The van der Waals surface area contributed by atoms with Crippen molar-refractivity contribution in [3.8, 4) is 0 Å². The Morgan fingerprint density at radius 1 is 0.688 bits per heavy atom. The van der Waals surface area contributed by atoms with Gasteiger partial charge in [0.05, 0.1) is 23.7 Å². The first-order chi connectivity index (χ1) is 15.0. The molecule has 0 aliphatic heterocycles. The first kappa shape index (κ1) is 24.9. The standard InChI is InChI=1S/C22H28F6O4/c23-21(24,25)15-9-3-5-11-17(15)31-19(29)13-7-1-2-8-14(13)20(30)32-18-12-6-4-10-16(18)22(26,27)28/h1,7,13-18H,2-6,8-12H2. The zero-order valence-electron chi connectivity index (χ0n) is 17.6. The third kappa shape index (κ3) is 5.98. The van der Waals surface area contributed by atoms with Crippen LogP contribution in [-0.4, -0.2) is 36.5 Å². The number of allylic oxidation sites excluding steroid dienone is 1. The number of rotatable bonds is 4. The van der Waals surface area contributed by atoms with Crippen LogP contribution in [0.4, 0.5) is 26.3 Å². The molecule has 0 radical (unpaired) electrons. The molecule has 2 fully saturated rings. The molecule has 0 aromatic carbocycles. The van der Waals surface area contributed by atoms with Gasteiger partial charge in [-0.2, -0.15) is 26.3 Å². The van der Waals surface area contributed by atoms with E-state index in [4.69, 9.17) is 9.47 Å². The molecule has 0 aromatic rings. The maximum absolute atomic E-state index is 13.3. The number of hydrogen-bond donors (Lipinski definition) is 0. The third-order valence-electron chi connectivity index (χ3n) is 6.78. The Kier molecular flexibility index (Phi) is 7.81. The van der Waals surface area contributed by atoms with Crippen LogP contribution in [0.1, 0.15) is 64.2 Å². The van der Waals surface area contributed by atoms with Crippen LogP contribution >= 0.6 is 0 Å². The molecule has 0 aromatic heterocycles. The molecular formula is C22H28F6O4. The summed E-state index contributed by atoms with van der Waals surface area (Å²) >= 11 is 0. The van der Waals surface area contributed by atoms with Gasteiger partial charge in [-0.05, 0) is 51.4 Å². The first-order valence-corrected chi connectivity index (χ1v) is 11.2. The van der Waals surface area contributed by atoms with Gasteiger partial charge in [0.25, 0.3) is 0 Å². The molecule has 6 atom stereocenters. The maximum Gasteiger partial charge on any atom is 0.395 e. The second-order valence-corrected chi connectivity index (χ2v) is 8.95. The summed E-state index contributed by atoms with van der Waals surface area (Å²) in [4.78, 5) is 25.5. The summed E-state index contributed by atoms with van der Waals surface area (Å²) in [6.07, 6.45) is -6.37. The van der Waals surface area contributed by atoms with Gasteiger partial charge < -0.3 is 9.47 Å². The first-order valence-electron chi connectivity index (χ1n) is 11.2. The van der Waals surface area contributed by atoms with Crippen LogP contribution in [0.15, 0.2) is 12.2 Å². The fourth-order valence-corrected chi connectivity index (χ4v) is 5.03. The lowest BCUT2D eigenvalue weighted by Crippen LogP contribution is -2.44. The van der Waals surface area contributed by atoms with Crippen molar-refractivity contribution in [2.45, 2.75) is 88.8 Å². The zero-order chi connectivity index (χ0) is 23.5. The average molecular weight is 470 g/mol. The molecular weight excluding hydrogens is 442 g/mol. The predicted molar refractivity (Wildman–Crippen MR) is 101 cm³/mol. The molecule has 0 heterocycles. The van der Waals surface area contributed by atoms with Crippen LogP contribution in [0, 0.1) is 23.7 Å². The Morgan fingerprint density at radius 3 is 1.66 bits per heavy atom. The van der Waals surface area contributed by atoms with Gasteiger partial charge in [-0.25, -0.2) is 0 Å². The van der Waals surface area contributed by atoms with Gasteiger partial charge in [-0.15, -0.1) is 0 Å². The van der Waals surface area contributed by atoms with Crippen molar-refractivity contribution >= 4 is 11.9 Å². The number of hydrogen-bond acceptors (Lipinski definition) is 4. The average Bonchev–Trinajstić information content (AvgIpc) is 2.73. The van der Waals surface area contributed by atoms with E-state index >= 15 is 0 Å². The molecule has 6 unspecified atom stereocenters. The van der Waals surface area contributed by atoms with Gasteiger partial charge in [-0.3, -0.25) is 9.59 Å². The highest BCUT2D eigenvalue weighted by molar-refractivity contribution is 5.84. The van der Waals surface area contributed by atoms with Gasteiger partial charge in [0, 0.05) is 0 Å². The van der Waals surface area contributed by atoms with Crippen LogP contribution in [-0.2, 0) is 19.1 Å². The second kappa shape index (κ2) is 10.0. The molecule has 3 aliphatic rings. The summed E-state index contributed by atoms with van der Waals surface area (Å²) in [5.41, 5.74) is 0. The molecule has 3 rings (SSSR count). The highest BCUT2D eigenvalue weighted by Gasteiger charge is 2.50. The molecule has 10 heteroatoms. The quantitative estimate of drug-likeness (QED) is 0.292. The van der Waals surface area contributed by atoms with E-state index in [1.165, 1.54) is 6.08 Å². The Morgan fingerprint density at radius 2 is 1.16 bits per heavy atom. The molecule has 32 heavy (non-hydrogen) atoms. The van der Waals surface area contributed by atoms with Crippen LogP contribution in [0.5, 0.6) is 0 Å². The van der Waals surface area contributed by atoms with Crippen LogP contribution in [0.25, 0.3) is 0 Å². The van der Waals surface area contributed by atoms with E-state index in [9.17, 15) is 35.9 Å². The summed E-state index contributed by atoms with van der Waals surface area (Å²) in [5.74, 6) is -7.63. The summed E-state index contributed by atoms with van der Waals surface area (Å²) in [6.45, 7) is 0.